The highest BCUT2D eigenvalue weighted by Gasteiger charge is 2.18. The summed E-state index contributed by atoms with van der Waals surface area (Å²) in [4.78, 5) is 12.8. The molecule has 0 saturated carbocycles. The maximum Gasteiger partial charge on any atom is 0.107 e. The van der Waals surface area contributed by atoms with Crippen LogP contribution in [0.1, 0.15) is 20.3 Å². The minimum absolute atomic E-state index is 0.619. The summed E-state index contributed by atoms with van der Waals surface area (Å²) in [7, 11) is 3.46. The zero-order chi connectivity index (χ0) is 13.5. The van der Waals surface area contributed by atoms with Gasteiger partial charge < -0.3 is 5.32 Å². The first kappa shape index (κ1) is 14.6. The standard InChI is InChI=1S/C13H19ClN4/c1-5-8-17-9(2)18-12-10(14)6-7-11(15-3)13(12)16-4/h6-7H,5,8H2,1-4H3,(H,17,18)/b15-11-,16-13+. The van der Waals surface area contributed by atoms with Crippen LogP contribution >= 0.6 is 11.6 Å². The Labute approximate surface area is 113 Å². The Morgan fingerprint density at radius 2 is 2.00 bits per heavy atom. The highest BCUT2D eigenvalue weighted by Crippen LogP contribution is 2.17. The van der Waals surface area contributed by atoms with E-state index >= 15 is 0 Å². The van der Waals surface area contributed by atoms with Gasteiger partial charge in [0.15, 0.2) is 0 Å². The molecule has 98 valence electrons. The van der Waals surface area contributed by atoms with Gasteiger partial charge in [0.2, 0.25) is 0 Å². The fourth-order valence-electron chi connectivity index (χ4n) is 1.58. The van der Waals surface area contributed by atoms with Crippen LogP contribution < -0.4 is 5.32 Å². The molecule has 5 heteroatoms. The van der Waals surface area contributed by atoms with E-state index in [9.17, 15) is 0 Å². The summed E-state index contributed by atoms with van der Waals surface area (Å²) in [6.07, 6.45) is 4.68. The summed E-state index contributed by atoms with van der Waals surface area (Å²) in [6.45, 7) is 4.81. The molecular formula is C13H19ClN4. The van der Waals surface area contributed by atoms with Crippen LogP contribution in [0, 0.1) is 0 Å². The van der Waals surface area contributed by atoms with Gasteiger partial charge in [-0.05, 0) is 25.5 Å². The molecule has 0 unspecified atom stereocenters. The summed E-state index contributed by atoms with van der Waals surface area (Å²) in [5.74, 6) is 0.830. The van der Waals surface area contributed by atoms with E-state index in [1.165, 1.54) is 0 Å². The second-order valence-electron chi connectivity index (χ2n) is 3.83. The third kappa shape index (κ3) is 3.53. The number of allylic oxidation sites excluding steroid dienone is 4. The predicted octanol–water partition coefficient (Wildman–Crippen LogP) is 2.57. The number of hydrogen-bond acceptors (Lipinski definition) is 3. The van der Waals surface area contributed by atoms with Crippen molar-refractivity contribution >= 4 is 28.9 Å². The third-order valence-electron chi connectivity index (χ3n) is 2.45. The van der Waals surface area contributed by atoms with Crippen molar-refractivity contribution in [3.05, 3.63) is 22.9 Å². The molecule has 0 aromatic rings. The molecule has 1 aliphatic carbocycles. The molecule has 0 bridgehead atoms. The maximum absolute atomic E-state index is 6.20. The normalized spacial score (nSPS) is 21.1. The van der Waals surface area contributed by atoms with Crippen molar-refractivity contribution in [1.29, 1.82) is 0 Å². The fourth-order valence-corrected chi connectivity index (χ4v) is 1.78. The van der Waals surface area contributed by atoms with Crippen molar-refractivity contribution < 1.29 is 0 Å². The first-order chi connectivity index (χ1) is 8.63. The van der Waals surface area contributed by atoms with Crippen LogP contribution in [0.4, 0.5) is 0 Å². The van der Waals surface area contributed by atoms with Crippen molar-refractivity contribution in [2.45, 2.75) is 20.3 Å². The number of hydrogen-bond donors (Lipinski definition) is 1. The molecule has 0 saturated heterocycles. The SMILES string of the molecule is CCC/N=C(\C)NC1=C(Cl)C=CC(=N/C)/C1=N\C. The molecule has 1 rings (SSSR count). The Morgan fingerprint density at radius 3 is 2.56 bits per heavy atom. The smallest absolute Gasteiger partial charge is 0.107 e. The lowest BCUT2D eigenvalue weighted by molar-refractivity contribution is 0.920. The minimum Gasteiger partial charge on any atom is -0.341 e. The highest BCUT2D eigenvalue weighted by molar-refractivity contribution is 6.55. The Bertz CT molecular complexity index is 456. The van der Waals surface area contributed by atoms with Crippen LogP contribution in [-0.4, -0.2) is 37.9 Å². The lowest BCUT2D eigenvalue weighted by Gasteiger charge is -2.17. The Hall–Kier alpha value is -1.42. The number of amidine groups is 1. The number of nitrogens with zero attached hydrogens (tertiary/aromatic N) is 3. The minimum atomic E-state index is 0.619. The van der Waals surface area contributed by atoms with Gasteiger partial charge in [-0.1, -0.05) is 18.5 Å². The molecule has 0 heterocycles. The molecule has 0 atom stereocenters. The monoisotopic (exact) mass is 266 g/mol. The van der Waals surface area contributed by atoms with Crippen LogP contribution in [0.2, 0.25) is 0 Å². The third-order valence-corrected chi connectivity index (χ3v) is 2.76. The van der Waals surface area contributed by atoms with Crippen LogP contribution in [0.5, 0.6) is 0 Å². The molecule has 0 aromatic heterocycles. The van der Waals surface area contributed by atoms with Gasteiger partial charge in [-0.2, -0.15) is 0 Å². The summed E-state index contributed by atoms with van der Waals surface area (Å²) in [5, 5.41) is 3.82. The molecular weight excluding hydrogens is 248 g/mol. The van der Waals surface area contributed by atoms with Crippen LogP contribution in [0.3, 0.4) is 0 Å². The molecule has 4 nitrogen and oxygen atoms in total. The van der Waals surface area contributed by atoms with E-state index in [2.05, 4.69) is 27.2 Å². The van der Waals surface area contributed by atoms with Crippen LogP contribution in [0.15, 0.2) is 37.9 Å². The van der Waals surface area contributed by atoms with Crippen molar-refractivity contribution in [2.75, 3.05) is 20.6 Å². The molecule has 0 radical (unpaired) electrons. The first-order valence-electron chi connectivity index (χ1n) is 5.94. The second kappa shape index (κ2) is 7.11. The Morgan fingerprint density at radius 1 is 1.28 bits per heavy atom. The van der Waals surface area contributed by atoms with Crippen molar-refractivity contribution in [2.24, 2.45) is 15.0 Å². The van der Waals surface area contributed by atoms with E-state index in [1.54, 1.807) is 14.1 Å². The Balaban J connectivity index is 3.01. The second-order valence-corrected chi connectivity index (χ2v) is 4.24. The van der Waals surface area contributed by atoms with E-state index in [1.807, 2.05) is 19.1 Å². The van der Waals surface area contributed by atoms with E-state index < -0.39 is 0 Å². The molecule has 0 aromatic carbocycles. The van der Waals surface area contributed by atoms with E-state index in [0.29, 0.717) is 5.03 Å². The topological polar surface area (TPSA) is 49.1 Å². The van der Waals surface area contributed by atoms with Crippen molar-refractivity contribution in [3.63, 3.8) is 0 Å². The van der Waals surface area contributed by atoms with Gasteiger partial charge in [0, 0.05) is 20.6 Å². The van der Waals surface area contributed by atoms with Crippen molar-refractivity contribution in [3.8, 4) is 0 Å². The van der Waals surface area contributed by atoms with E-state index in [0.717, 1.165) is 35.9 Å². The average Bonchev–Trinajstić information content (AvgIpc) is 2.38. The van der Waals surface area contributed by atoms with Gasteiger partial charge in [0.1, 0.15) is 5.71 Å². The number of nitrogens with one attached hydrogen (secondary N) is 1. The van der Waals surface area contributed by atoms with E-state index in [4.69, 9.17) is 11.6 Å². The van der Waals surface area contributed by atoms with Crippen LogP contribution in [0.25, 0.3) is 0 Å². The predicted molar refractivity (Wildman–Crippen MR) is 80.1 cm³/mol. The molecule has 0 fully saturated rings. The van der Waals surface area contributed by atoms with Gasteiger partial charge in [0.25, 0.3) is 0 Å². The van der Waals surface area contributed by atoms with Gasteiger partial charge in [-0.25, -0.2) is 0 Å². The zero-order valence-electron chi connectivity index (χ0n) is 11.3. The average molecular weight is 267 g/mol. The summed E-state index contributed by atoms with van der Waals surface area (Å²) in [6, 6.07) is 0. The van der Waals surface area contributed by atoms with Gasteiger partial charge in [-0.3, -0.25) is 15.0 Å². The molecule has 1 N–H and O–H groups in total. The number of halogens is 1. The zero-order valence-corrected chi connectivity index (χ0v) is 12.0. The molecule has 1 aliphatic rings. The van der Waals surface area contributed by atoms with Crippen molar-refractivity contribution in [1.82, 2.24) is 5.32 Å². The van der Waals surface area contributed by atoms with Gasteiger partial charge in [0.05, 0.1) is 22.3 Å². The lowest BCUT2D eigenvalue weighted by Crippen LogP contribution is -2.32. The Kier molecular flexibility index (Phi) is 5.78. The lowest BCUT2D eigenvalue weighted by atomic mass is 10.1. The molecule has 0 amide bonds. The first-order valence-corrected chi connectivity index (χ1v) is 6.32. The van der Waals surface area contributed by atoms with E-state index in [-0.39, 0.29) is 0 Å². The number of aliphatic imine (C=N–C) groups is 3. The molecule has 0 aliphatic heterocycles. The largest absolute Gasteiger partial charge is 0.341 e. The molecule has 18 heavy (non-hydrogen) atoms. The van der Waals surface area contributed by atoms with Gasteiger partial charge >= 0.3 is 0 Å². The summed E-state index contributed by atoms with van der Waals surface area (Å²) < 4.78 is 0. The fraction of sp³-hybridized carbons (Fsp3) is 0.462. The maximum atomic E-state index is 6.20. The highest BCUT2D eigenvalue weighted by atomic mass is 35.5. The molecule has 0 spiro atoms. The summed E-state index contributed by atoms with van der Waals surface area (Å²) in [5.41, 5.74) is 2.34. The van der Waals surface area contributed by atoms with Gasteiger partial charge in [-0.15, -0.1) is 0 Å². The summed E-state index contributed by atoms with van der Waals surface area (Å²) >= 11 is 6.20. The number of rotatable bonds is 3. The van der Waals surface area contributed by atoms with Crippen LogP contribution in [-0.2, 0) is 0 Å². The quantitative estimate of drug-likeness (QED) is 0.476.